The summed E-state index contributed by atoms with van der Waals surface area (Å²) in [4.78, 5) is 0. The lowest BCUT2D eigenvalue weighted by Gasteiger charge is -1.96. The summed E-state index contributed by atoms with van der Waals surface area (Å²) in [6.45, 7) is 2.34. The molecule has 0 heterocycles. The number of unbranched alkanes of at least 4 members (excludes halogenated alkanes) is 1. The zero-order valence-electron chi connectivity index (χ0n) is 7.62. The Morgan fingerprint density at radius 2 is 1.83 bits per heavy atom. The molecule has 0 amide bonds. The fraction of sp³-hybridized carbons (Fsp3) is 0.750. The molecule has 0 aliphatic rings. The van der Waals surface area contributed by atoms with E-state index in [1.54, 1.807) is 0 Å². The molecule has 0 unspecified atom stereocenters. The third-order valence-electron chi connectivity index (χ3n) is 1.20. The van der Waals surface area contributed by atoms with Gasteiger partial charge >= 0.3 is 0 Å². The molecule has 0 aromatic carbocycles. The Hall–Kier alpha value is -0.350. The molecule has 4 heteroatoms. The summed E-state index contributed by atoms with van der Waals surface area (Å²) in [5, 5.41) is 0. The highest BCUT2D eigenvalue weighted by Crippen LogP contribution is 1.94. The maximum absolute atomic E-state index is 10.5. The molecule has 0 saturated heterocycles. The monoisotopic (exact) mass is 192 g/mol. The van der Waals surface area contributed by atoms with Gasteiger partial charge in [-0.25, -0.2) is 0 Å². The molecule has 0 aromatic rings. The maximum atomic E-state index is 10.5. The lowest BCUT2D eigenvalue weighted by molar-refractivity contribution is 0.328. The fourth-order valence-electron chi connectivity index (χ4n) is 0.670. The molecular formula is C8H16O3S. The predicted molar refractivity (Wildman–Crippen MR) is 49.5 cm³/mol. The Balaban J connectivity index is 3.34. The van der Waals surface area contributed by atoms with Crippen LogP contribution in [0.25, 0.3) is 0 Å². The van der Waals surface area contributed by atoms with Crippen LogP contribution in [0.1, 0.15) is 26.2 Å². The second-order valence-electron chi connectivity index (χ2n) is 2.57. The SMILES string of the molecule is CCC/C=C/CCOS(C)(=O)=O. The van der Waals surface area contributed by atoms with Crippen LogP contribution in [-0.4, -0.2) is 21.3 Å². The van der Waals surface area contributed by atoms with Gasteiger partial charge in [-0.05, 0) is 12.8 Å². The Morgan fingerprint density at radius 1 is 1.25 bits per heavy atom. The summed E-state index contributed by atoms with van der Waals surface area (Å²) in [5.74, 6) is 0. The van der Waals surface area contributed by atoms with Crippen molar-refractivity contribution in [3.8, 4) is 0 Å². The van der Waals surface area contributed by atoms with Crippen molar-refractivity contribution in [3.63, 3.8) is 0 Å². The molecule has 0 saturated carbocycles. The van der Waals surface area contributed by atoms with Crippen molar-refractivity contribution in [1.82, 2.24) is 0 Å². The van der Waals surface area contributed by atoms with E-state index in [9.17, 15) is 8.42 Å². The van der Waals surface area contributed by atoms with E-state index in [1.807, 2.05) is 12.2 Å². The molecule has 0 spiro atoms. The molecule has 0 aliphatic heterocycles. The molecule has 12 heavy (non-hydrogen) atoms. The number of hydrogen-bond donors (Lipinski definition) is 0. The van der Waals surface area contributed by atoms with Gasteiger partial charge in [0, 0.05) is 0 Å². The van der Waals surface area contributed by atoms with Crippen LogP contribution in [0, 0.1) is 0 Å². The highest BCUT2D eigenvalue weighted by Gasteiger charge is 1.97. The van der Waals surface area contributed by atoms with Crippen LogP contribution >= 0.6 is 0 Å². The quantitative estimate of drug-likeness (QED) is 0.365. The summed E-state index contributed by atoms with van der Waals surface area (Å²) in [6.07, 6.45) is 7.85. The zero-order chi connectivity index (χ0) is 9.45. The molecule has 0 aromatic heterocycles. The van der Waals surface area contributed by atoms with Crippen molar-refractivity contribution < 1.29 is 12.6 Å². The van der Waals surface area contributed by atoms with Crippen molar-refractivity contribution in [1.29, 1.82) is 0 Å². The van der Waals surface area contributed by atoms with Gasteiger partial charge < -0.3 is 0 Å². The van der Waals surface area contributed by atoms with Crippen LogP contribution in [0.3, 0.4) is 0 Å². The van der Waals surface area contributed by atoms with Gasteiger partial charge in [-0.15, -0.1) is 0 Å². The van der Waals surface area contributed by atoms with Gasteiger partial charge in [-0.3, -0.25) is 4.18 Å². The minimum atomic E-state index is -3.25. The normalized spacial score (nSPS) is 12.5. The molecule has 0 rings (SSSR count). The van der Waals surface area contributed by atoms with E-state index in [2.05, 4.69) is 11.1 Å². The summed E-state index contributed by atoms with van der Waals surface area (Å²) in [5.41, 5.74) is 0. The van der Waals surface area contributed by atoms with Gasteiger partial charge in [-0.2, -0.15) is 8.42 Å². The molecule has 0 N–H and O–H groups in total. The topological polar surface area (TPSA) is 43.4 Å². The van der Waals surface area contributed by atoms with Crippen molar-refractivity contribution >= 4 is 10.1 Å². The molecule has 0 aliphatic carbocycles. The van der Waals surface area contributed by atoms with Crippen LogP contribution in [0.2, 0.25) is 0 Å². The lowest BCUT2D eigenvalue weighted by atomic mass is 10.3. The number of hydrogen-bond acceptors (Lipinski definition) is 3. The van der Waals surface area contributed by atoms with E-state index < -0.39 is 10.1 Å². The third-order valence-corrected chi connectivity index (χ3v) is 1.80. The fourth-order valence-corrected chi connectivity index (χ4v) is 1.07. The highest BCUT2D eigenvalue weighted by molar-refractivity contribution is 7.85. The van der Waals surface area contributed by atoms with Gasteiger partial charge in [0.1, 0.15) is 0 Å². The van der Waals surface area contributed by atoms with Gasteiger partial charge in [0.05, 0.1) is 12.9 Å². The minimum absolute atomic E-state index is 0.249. The molecule has 0 atom stereocenters. The van der Waals surface area contributed by atoms with Crippen molar-refractivity contribution in [2.75, 3.05) is 12.9 Å². The summed E-state index contributed by atoms with van der Waals surface area (Å²) < 4.78 is 25.5. The lowest BCUT2D eigenvalue weighted by Crippen LogP contribution is -2.02. The Kier molecular flexibility index (Phi) is 6.02. The van der Waals surface area contributed by atoms with Crippen LogP contribution in [0.15, 0.2) is 12.2 Å². The second-order valence-corrected chi connectivity index (χ2v) is 4.22. The highest BCUT2D eigenvalue weighted by atomic mass is 32.2. The Morgan fingerprint density at radius 3 is 2.33 bits per heavy atom. The van der Waals surface area contributed by atoms with Crippen LogP contribution in [-0.2, 0) is 14.3 Å². The number of allylic oxidation sites excluding steroid dienone is 1. The van der Waals surface area contributed by atoms with Gasteiger partial charge in [0.25, 0.3) is 10.1 Å². The van der Waals surface area contributed by atoms with Crippen molar-refractivity contribution in [2.24, 2.45) is 0 Å². The summed E-state index contributed by atoms with van der Waals surface area (Å²) >= 11 is 0. The summed E-state index contributed by atoms with van der Waals surface area (Å²) in [7, 11) is -3.25. The van der Waals surface area contributed by atoms with Crippen molar-refractivity contribution in [3.05, 3.63) is 12.2 Å². The minimum Gasteiger partial charge on any atom is -0.270 e. The predicted octanol–water partition coefficient (Wildman–Crippen LogP) is 1.71. The summed E-state index contributed by atoms with van der Waals surface area (Å²) in [6, 6.07) is 0. The average molecular weight is 192 g/mol. The largest absolute Gasteiger partial charge is 0.270 e. The molecule has 0 radical (unpaired) electrons. The van der Waals surface area contributed by atoms with E-state index in [0.29, 0.717) is 6.42 Å². The molecule has 0 fully saturated rings. The van der Waals surface area contributed by atoms with E-state index >= 15 is 0 Å². The van der Waals surface area contributed by atoms with Gasteiger partial charge in [0.2, 0.25) is 0 Å². The van der Waals surface area contributed by atoms with E-state index in [4.69, 9.17) is 0 Å². The van der Waals surface area contributed by atoms with E-state index in [-0.39, 0.29) is 6.61 Å². The number of rotatable bonds is 6. The van der Waals surface area contributed by atoms with Gasteiger partial charge in [-0.1, -0.05) is 25.5 Å². The van der Waals surface area contributed by atoms with Crippen LogP contribution < -0.4 is 0 Å². The first-order valence-corrected chi connectivity index (χ1v) is 5.87. The Bertz CT molecular complexity index is 216. The molecular weight excluding hydrogens is 176 g/mol. The first kappa shape index (κ1) is 11.6. The molecule has 72 valence electrons. The maximum Gasteiger partial charge on any atom is 0.264 e. The molecule has 3 nitrogen and oxygen atoms in total. The molecule has 0 bridgehead atoms. The van der Waals surface area contributed by atoms with E-state index in [1.165, 1.54) is 0 Å². The standard InChI is InChI=1S/C8H16O3S/c1-3-4-5-6-7-8-11-12(2,9)10/h5-6H,3-4,7-8H2,1-2H3/b6-5+. The van der Waals surface area contributed by atoms with Crippen LogP contribution in [0.5, 0.6) is 0 Å². The van der Waals surface area contributed by atoms with Crippen molar-refractivity contribution in [2.45, 2.75) is 26.2 Å². The third kappa shape index (κ3) is 9.65. The van der Waals surface area contributed by atoms with E-state index in [0.717, 1.165) is 19.1 Å². The second kappa shape index (κ2) is 6.20. The average Bonchev–Trinajstić information content (AvgIpc) is 1.94. The van der Waals surface area contributed by atoms with Crippen LogP contribution in [0.4, 0.5) is 0 Å². The first-order chi connectivity index (χ1) is 5.56. The zero-order valence-corrected chi connectivity index (χ0v) is 8.43. The first-order valence-electron chi connectivity index (χ1n) is 4.05. The smallest absolute Gasteiger partial charge is 0.264 e. The van der Waals surface area contributed by atoms with Gasteiger partial charge in [0.15, 0.2) is 0 Å². The Labute approximate surface area is 74.6 Å².